The lowest BCUT2D eigenvalue weighted by Crippen LogP contribution is -1.88. The number of hydrogen-bond donors (Lipinski definition) is 0. The monoisotopic (exact) mass is 469 g/mol. The van der Waals surface area contributed by atoms with E-state index in [1.54, 1.807) is 45.8 Å². The molecule has 4 aromatic rings. The fourth-order valence-electron chi connectivity index (χ4n) is 2.73. The van der Waals surface area contributed by atoms with Crippen LogP contribution in [0, 0.1) is 5.92 Å². The highest BCUT2D eigenvalue weighted by Crippen LogP contribution is 2.33. The molecule has 4 rings (SSSR count). The van der Waals surface area contributed by atoms with Gasteiger partial charge in [-0.05, 0) is 18.1 Å². The SMILES string of the molecule is CC(C)/C=C/C=C\[C@H](C)c1nc(-c2nc(CSc3nc4ccccc4s3)cs2)cs1. The fraction of sp³-hybridized carbons (Fsp3) is 0.261. The molecule has 1 aromatic carbocycles. The van der Waals surface area contributed by atoms with Gasteiger partial charge < -0.3 is 0 Å². The number of benzene rings is 1. The number of thiazole rings is 3. The summed E-state index contributed by atoms with van der Waals surface area (Å²) in [6.07, 6.45) is 8.63. The Bertz CT molecular complexity index is 1130. The molecule has 0 unspecified atom stereocenters. The first-order chi connectivity index (χ1) is 14.6. The number of allylic oxidation sites excluding steroid dienone is 4. The number of aromatic nitrogens is 3. The molecule has 3 heterocycles. The Labute approximate surface area is 193 Å². The second kappa shape index (κ2) is 10.0. The average Bonchev–Trinajstić information content (AvgIpc) is 3.47. The summed E-state index contributed by atoms with van der Waals surface area (Å²) in [7, 11) is 0. The van der Waals surface area contributed by atoms with Gasteiger partial charge in [-0.3, -0.25) is 0 Å². The molecule has 0 N–H and O–H groups in total. The molecule has 30 heavy (non-hydrogen) atoms. The maximum Gasteiger partial charge on any atom is 0.151 e. The largest absolute Gasteiger partial charge is 0.239 e. The van der Waals surface area contributed by atoms with E-state index in [2.05, 4.69) is 74.0 Å². The van der Waals surface area contributed by atoms with Crippen molar-refractivity contribution in [1.29, 1.82) is 0 Å². The third-order valence-corrected chi connectivity index (χ3v) is 8.48. The molecule has 3 aromatic heterocycles. The maximum atomic E-state index is 4.83. The van der Waals surface area contributed by atoms with Gasteiger partial charge in [0.05, 0.1) is 20.9 Å². The molecule has 0 aliphatic heterocycles. The van der Waals surface area contributed by atoms with Crippen LogP contribution in [0.25, 0.3) is 20.9 Å². The highest BCUT2D eigenvalue weighted by Gasteiger charge is 2.13. The quantitative estimate of drug-likeness (QED) is 0.193. The lowest BCUT2D eigenvalue weighted by Gasteiger charge is -1.99. The molecule has 0 aliphatic rings. The molecule has 3 nitrogen and oxygen atoms in total. The third-order valence-electron chi connectivity index (χ3n) is 4.31. The molecular formula is C23H23N3S4. The highest BCUT2D eigenvalue weighted by atomic mass is 32.2. The summed E-state index contributed by atoms with van der Waals surface area (Å²) < 4.78 is 2.32. The van der Waals surface area contributed by atoms with Gasteiger partial charge in [-0.2, -0.15) is 0 Å². The zero-order valence-corrected chi connectivity index (χ0v) is 20.4. The Balaban J connectivity index is 1.38. The zero-order valence-electron chi connectivity index (χ0n) is 17.1. The van der Waals surface area contributed by atoms with Gasteiger partial charge in [0.25, 0.3) is 0 Å². The zero-order chi connectivity index (χ0) is 20.9. The Kier molecular flexibility index (Phi) is 7.15. The number of rotatable bonds is 8. The molecule has 0 radical (unpaired) electrons. The second-order valence-corrected chi connectivity index (χ2v) is 11.3. The molecule has 1 atom stereocenters. The molecule has 0 saturated heterocycles. The van der Waals surface area contributed by atoms with Gasteiger partial charge in [0.2, 0.25) is 0 Å². The molecule has 0 aliphatic carbocycles. The van der Waals surface area contributed by atoms with E-state index >= 15 is 0 Å². The Hall–Kier alpha value is -1.80. The van der Waals surface area contributed by atoms with Crippen molar-refractivity contribution >= 4 is 56.0 Å². The van der Waals surface area contributed by atoms with E-state index in [4.69, 9.17) is 15.0 Å². The van der Waals surface area contributed by atoms with Crippen molar-refractivity contribution in [3.05, 3.63) is 70.0 Å². The summed E-state index contributed by atoms with van der Waals surface area (Å²) in [5, 5.41) is 6.37. The van der Waals surface area contributed by atoms with Gasteiger partial charge >= 0.3 is 0 Å². The normalized spacial score (nSPS) is 13.3. The van der Waals surface area contributed by atoms with Crippen molar-refractivity contribution in [2.24, 2.45) is 5.92 Å². The van der Waals surface area contributed by atoms with Crippen LogP contribution in [0.2, 0.25) is 0 Å². The van der Waals surface area contributed by atoms with Gasteiger partial charge in [0.1, 0.15) is 10.7 Å². The Morgan fingerprint density at radius 3 is 2.63 bits per heavy atom. The van der Waals surface area contributed by atoms with E-state index in [1.807, 2.05) is 6.07 Å². The van der Waals surface area contributed by atoms with Crippen molar-refractivity contribution in [1.82, 2.24) is 15.0 Å². The average molecular weight is 470 g/mol. The molecule has 0 saturated carbocycles. The Morgan fingerprint density at radius 1 is 0.967 bits per heavy atom. The minimum absolute atomic E-state index is 0.301. The number of fused-ring (bicyclic) bond motifs is 1. The van der Waals surface area contributed by atoms with Gasteiger partial charge in [0.15, 0.2) is 4.34 Å². The predicted molar refractivity (Wildman–Crippen MR) is 134 cm³/mol. The first-order valence-electron chi connectivity index (χ1n) is 9.82. The standard InChI is InChI=1S/C23H23N3S4/c1-15(2)8-4-5-9-16(3)21-25-19(14-28-21)22-24-17(12-27-22)13-29-23-26-18-10-6-7-11-20(18)30-23/h4-12,14-16H,13H2,1-3H3/b8-4+,9-5-/t16-/m0/s1. The van der Waals surface area contributed by atoms with Crippen LogP contribution in [-0.2, 0) is 5.75 Å². The predicted octanol–water partition coefficient (Wildman–Crippen LogP) is 8.04. The minimum Gasteiger partial charge on any atom is -0.239 e. The lowest BCUT2D eigenvalue weighted by molar-refractivity contribution is 0.831. The van der Waals surface area contributed by atoms with Crippen LogP contribution in [0.5, 0.6) is 0 Å². The number of para-hydroxylation sites is 1. The van der Waals surface area contributed by atoms with Crippen molar-refractivity contribution < 1.29 is 0 Å². The van der Waals surface area contributed by atoms with Crippen LogP contribution in [0.15, 0.2) is 63.7 Å². The number of hydrogen-bond acceptors (Lipinski definition) is 7. The first-order valence-corrected chi connectivity index (χ1v) is 13.4. The van der Waals surface area contributed by atoms with Crippen molar-refractivity contribution in [2.75, 3.05) is 0 Å². The highest BCUT2D eigenvalue weighted by molar-refractivity contribution is 8.00. The molecule has 0 bridgehead atoms. The van der Waals surface area contributed by atoms with Crippen LogP contribution in [0.3, 0.4) is 0 Å². The van der Waals surface area contributed by atoms with E-state index in [1.165, 1.54) is 4.70 Å². The van der Waals surface area contributed by atoms with Crippen LogP contribution >= 0.6 is 45.8 Å². The first kappa shape index (κ1) is 21.4. The van der Waals surface area contributed by atoms with Crippen molar-refractivity contribution in [3.63, 3.8) is 0 Å². The number of thioether (sulfide) groups is 1. The second-order valence-electron chi connectivity index (χ2n) is 7.25. The van der Waals surface area contributed by atoms with Gasteiger partial charge in [-0.15, -0.1) is 34.0 Å². The van der Waals surface area contributed by atoms with E-state index < -0.39 is 0 Å². The Morgan fingerprint density at radius 2 is 1.80 bits per heavy atom. The van der Waals surface area contributed by atoms with Crippen LogP contribution in [-0.4, -0.2) is 15.0 Å². The molecule has 7 heteroatoms. The molecule has 0 fully saturated rings. The van der Waals surface area contributed by atoms with Crippen molar-refractivity contribution in [2.45, 2.75) is 36.8 Å². The van der Waals surface area contributed by atoms with E-state index in [-0.39, 0.29) is 0 Å². The number of nitrogens with zero attached hydrogens (tertiary/aromatic N) is 3. The summed E-state index contributed by atoms with van der Waals surface area (Å²) in [4.78, 5) is 14.3. The van der Waals surface area contributed by atoms with Gasteiger partial charge in [-0.25, -0.2) is 15.0 Å². The lowest BCUT2D eigenvalue weighted by atomic mass is 10.1. The van der Waals surface area contributed by atoms with E-state index in [0.717, 1.165) is 37.0 Å². The minimum atomic E-state index is 0.301. The topological polar surface area (TPSA) is 38.7 Å². The van der Waals surface area contributed by atoms with Crippen molar-refractivity contribution in [3.8, 4) is 10.7 Å². The molecular weight excluding hydrogens is 447 g/mol. The molecule has 154 valence electrons. The van der Waals surface area contributed by atoms with Crippen LogP contribution < -0.4 is 0 Å². The maximum absolute atomic E-state index is 4.83. The van der Waals surface area contributed by atoms with Crippen LogP contribution in [0.4, 0.5) is 0 Å². The summed E-state index contributed by atoms with van der Waals surface area (Å²) in [5.41, 5.74) is 3.14. The fourth-order valence-corrected chi connectivity index (χ4v) is 6.49. The van der Waals surface area contributed by atoms with Crippen LogP contribution in [0.1, 0.15) is 37.4 Å². The smallest absolute Gasteiger partial charge is 0.151 e. The van der Waals surface area contributed by atoms with E-state index in [9.17, 15) is 0 Å². The van der Waals surface area contributed by atoms with Gasteiger partial charge in [-0.1, -0.05) is 69.0 Å². The summed E-state index contributed by atoms with van der Waals surface area (Å²) in [6, 6.07) is 8.27. The summed E-state index contributed by atoms with van der Waals surface area (Å²) in [5.74, 6) is 1.70. The van der Waals surface area contributed by atoms with Gasteiger partial charge in [0, 0.05) is 22.4 Å². The molecule has 0 amide bonds. The van der Waals surface area contributed by atoms with E-state index in [0.29, 0.717) is 11.8 Å². The summed E-state index contributed by atoms with van der Waals surface area (Å²) in [6.45, 7) is 6.55. The summed E-state index contributed by atoms with van der Waals surface area (Å²) >= 11 is 6.86. The molecule has 0 spiro atoms. The third kappa shape index (κ3) is 5.46.